The van der Waals surface area contributed by atoms with Crippen LogP contribution in [0.4, 0.5) is 5.13 Å². The van der Waals surface area contributed by atoms with Gasteiger partial charge in [0.2, 0.25) is 5.91 Å². The Bertz CT molecular complexity index is 707. The third-order valence-electron chi connectivity index (χ3n) is 4.35. The largest absolute Gasteiger partial charge is 0.496 e. The number of benzene rings is 1. The zero-order valence-corrected chi connectivity index (χ0v) is 18.2. The molecule has 1 aliphatic rings. The van der Waals surface area contributed by atoms with E-state index in [0.29, 0.717) is 0 Å². The molecule has 0 aliphatic carbocycles. The maximum atomic E-state index is 11.3. The molecule has 2 aromatic rings. The highest BCUT2D eigenvalue weighted by Gasteiger charge is 2.24. The predicted octanol–water partition coefficient (Wildman–Crippen LogP) is 4.88. The average Bonchev–Trinajstić information content (AvgIpc) is 3.21. The van der Waals surface area contributed by atoms with Crippen molar-refractivity contribution in [3.8, 4) is 17.0 Å². The fourth-order valence-corrected chi connectivity index (χ4v) is 3.82. The SMILES string of the molecule is CC.CC.COc1ccc(-c2csc(N3CCC(C(N)=O)CC3)n2)cc1C. The number of methoxy groups -OCH3 is 1. The first kappa shape index (κ1) is 23.0. The maximum absolute atomic E-state index is 11.3. The molecule has 150 valence electrons. The van der Waals surface area contributed by atoms with Crippen LogP contribution >= 0.6 is 11.3 Å². The van der Waals surface area contributed by atoms with Crippen LogP contribution < -0.4 is 15.4 Å². The van der Waals surface area contributed by atoms with Crippen molar-refractivity contribution in [3.05, 3.63) is 29.1 Å². The van der Waals surface area contributed by atoms with Crippen molar-refractivity contribution in [3.63, 3.8) is 0 Å². The van der Waals surface area contributed by atoms with Gasteiger partial charge in [-0.2, -0.15) is 0 Å². The Morgan fingerprint density at radius 2 is 1.85 bits per heavy atom. The van der Waals surface area contributed by atoms with E-state index in [-0.39, 0.29) is 11.8 Å². The fraction of sp³-hybridized carbons (Fsp3) is 0.524. The van der Waals surface area contributed by atoms with Crippen LogP contribution in [0, 0.1) is 12.8 Å². The van der Waals surface area contributed by atoms with E-state index in [1.54, 1.807) is 18.4 Å². The summed E-state index contributed by atoms with van der Waals surface area (Å²) in [6, 6.07) is 6.10. The van der Waals surface area contributed by atoms with Gasteiger partial charge in [0, 0.05) is 30.0 Å². The fourth-order valence-electron chi connectivity index (χ4n) is 2.94. The van der Waals surface area contributed by atoms with Crippen LogP contribution in [-0.4, -0.2) is 31.1 Å². The number of hydrogen-bond acceptors (Lipinski definition) is 5. The van der Waals surface area contributed by atoms with Crippen LogP contribution in [0.3, 0.4) is 0 Å². The van der Waals surface area contributed by atoms with Gasteiger partial charge < -0.3 is 15.4 Å². The van der Waals surface area contributed by atoms with Gasteiger partial charge in [0.25, 0.3) is 0 Å². The van der Waals surface area contributed by atoms with Gasteiger partial charge in [0.15, 0.2) is 5.13 Å². The summed E-state index contributed by atoms with van der Waals surface area (Å²) >= 11 is 1.64. The molecule has 0 atom stereocenters. The monoisotopic (exact) mass is 391 g/mol. The van der Waals surface area contributed by atoms with Crippen LogP contribution in [0.25, 0.3) is 11.3 Å². The second-order valence-electron chi connectivity index (χ2n) is 5.86. The molecular formula is C21H33N3O2S. The highest BCUT2D eigenvalue weighted by molar-refractivity contribution is 7.14. The second kappa shape index (κ2) is 11.6. The van der Waals surface area contributed by atoms with Gasteiger partial charge >= 0.3 is 0 Å². The van der Waals surface area contributed by atoms with Gasteiger partial charge in [-0.1, -0.05) is 27.7 Å². The number of amides is 1. The summed E-state index contributed by atoms with van der Waals surface area (Å²) in [5.74, 6) is 0.714. The zero-order valence-electron chi connectivity index (χ0n) is 17.4. The highest BCUT2D eigenvalue weighted by Crippen LogP contribution is 2.32. The van der Waals surface area contributed by atoms with Crippen molar-refractivity contribution in [2.45, 2.75) is 47.5 Å². The second-order valence-corrected chi connectivity index (χ2v) is 6.70. The molecule has 5 nitrogen and oxygen atoms in total. The molecule has 3 rings (SSSR count). The van der Waals surface area contributed by atoms with Crippen molar-refractivity contribution in [2.24, 2.45) is 11.7 Å². The Hall–Kier alpha value is -2.08. The number of aryl methyl sites for hydroxylation is 1. The van der Waals surface area contributed by atoms with Gasteiger partial charge in [0.05, 0.1) is 12.8 Å². The van der Waals surface area contributed by atoms with E-state index >= 15 is 0 Å². The van der Waals surface area contributed by atoms with Crippen molar-refractivity contribution in [2.75, 3.05) is 25.1 Å². The van der Waals surface area contributed by atoms with Crippen molar-refractivity contribution < 1.29 is 9.53 Å². The summed E-state index contributed by atoms with van der Waals surface area (Å²) in [6.07, 6.45) is 1.62. The molecule has 1 amide bonds. The number of hydrogen-bond donors (Lipinski definition) is 1. The van der Waals surface area contributed by atoms with E-state index in [4.69, 9.17) is 15.5 Å². The van der Waals surface area contributed by atoms with Crippen molar-refractivity contribution in [1.29, 1.82) is 0 Å². The predicted molar refractivity (Wildman–Crippen MR) is 116 cm³/mol. The normalized spacial score (nSPS) is 13.8. The van der Waals surface area contributed by atoms with E-state index in [9.17, 15) is 4.79 Å². The van der Waals surface area contributed by atoms with Crippen LogP contribution in [0.5, 0.6) is 5.75 Å². The van der Waals surface area contributed by atoms with E-state index in [0.717, 1.165) is 53.6 Å². The molecule has 0 unspecified atom stereocenters. The highest BCUT2D eigenvalue weighted by atomic mass is 32.1. The summed E-state index contributed by atoms with van der Waals surface area (Å²) in [5, 5.41) is 3.09. The minimum Gasteiger partial charge on any atom is -0.496 e. The molecular weight excluding hydrogens is 358 g/mol. The quantitative estimate of drug-likeness (QED) is 0.806. The minimum atomic E-state index is -0.182. The number of carbonyl (C=O) groups excluding carboxylic acids is 1. The Balaban J connectivity index is 0.000000855. The molecule has 1 fully saturated rings. The molecule has 2 heterocycles. The number of anilines is 1. The van der Waals surface area contributed by atoms with Gasteiger partial charge in [-0.25, -0.2) is 4.98 Å². The average molecular weight is 392 g/mol. The molecule has 2 N–H and O–H groups in total. The number of rotatable bonds is 4. The lowest BCUT2D eigenvalue weighted by atomic mass is 9.97. The molecule has 1 aliphatic heterocycles. The van der Waals surface area contributed by atoms with Crippen LogP contribution in [0.1, 0.15) is 46.1 Å². The Morgan fingerprint density at radius 3 is 2.37 bits per heavy atom. The van der Waals surface area contributed by atoms with Crippen LogP contribution in [0.2, 0.25) is 0 Å². The van der Waals surface area contributed by atoms with E-state index in [2.05, 4.69) is 16.3 Å². The Morgan fingerprint density at radius 1 is 1.22 bits per heavy atom. The number of thiazole rings is 1. The smallest absolute Gasteiger partial charge is 0.220 e. The molecule has 6 heteroatoms. The number of nitrogens with zero attached hydrogens (tertiary/aromatic N) is 2. The van der Waals surface area contributed by atoms with Crippen LogP contribution in [0.15, 0.2) is 23.6 Å². The van der Waals surface area contributed by atoms with Crippen LogP contribution in [-0.2, 0) is 4.79 Å². The summed E-state index contributed by atoms with van der Waals surface area (Å²) in [5.41, 5.74) is 8.56. The number of piperidine rings is 1. The first-order valence-electron chi connectivity index (χ1n) is 9.73. The van der Waals surface area contributed by atoms with E-state index < -0.39 is 0 Å². The topological polar surface area (TPSA) is 68.5 Å². The van der Waals surface area contributed by atoms with Gasteiger partial charge in [-0.15, -0.1) is 11.3 Å². The number of carbonyl (C=O) groups is 1. The molecule has 0 saturated carbocycles. The summed E-state index contributed by atoms with van der Waals surface area (Å²) in [4.78, 5) is 18.2. The Labute approximate surface area is 167 Å². The molecule has 27 heavy (non-hydrogen) atoms. The summed E-state index contributed by atoms with van der Waals surface area (Å²) in [6.45, 7) is 11.7. The van der Waals surface area contributed by atoms with E-state index in [1.807, 2.05) is 46.8 Å². The summed E-state index contributed by atoms with van der Waals surface area (Å²) < 4.78 is 5.30. The molecule has 1 saturated heterocycles. The molecule has 0 radical (unpaired) electrons. The lowest BCUT2D eigenvalue weighted by Gasteiger charge is -2.30. The number of ether oxygens (including phenoxy) is 1. The first-order valence-corrected chi connectivity index (χ1v) is 10.6. The van der Waals surface area contributed by atoms with E-state index in [1.165, 1.54) is 0 Å². The molecule has 1 aromatic carbocycles. The van der Waals surface area contributed by atoms with Gasteiger partial charge in [0.1, 0.15) is 5.75 Å². The molecule has 0 bridgehead atoms. The first-order chi connectivity index (χ1) is 13.1. The van der Waals surface area contributed by atoms with Crippen molar-refractivity contribution >= 4 is 22.4 Å². The lowest BCUT2D eigenvalue weighted by molar-refractivity contribution is -0.122. The zero-order chi connectivity index (χ0) is 20.4. The Kier molecular flexibility index (Phi) is 9.86. The maximum Gasteiger partial charge on any atom is 0.220 e. The summed E-state index contributed by atoms with van der Waals surface area (Å²) in [7, 11) is 1.68. The minimum absolute atomic E-state index is 0.00919. The third kappa shape index (κ3) is 5.96. The molecule has 0 spiro atoms. The number of primary amides is 1. The van der Waals surface area contributed by atoms with Gasteiger partial charge in [-0.05, 0) is 43.5 Å². The third-order valence-corrected chi connectivity index (χ3v) is 5.25. The lowest BCUT2D eigenvalue weighted by Crippen LogP contribution is -2.38. The van der Waals surface area contributed by atoms with Gasteiger partial charge in [-0.3, -0.25) is 4.79 Å². The standard InChI is InChI=1S/C17H21N3O2S.2C2H6/c1-11-9-13(3-4-15(11)22-2)14-10-23-17(19-14)20-7-5-12(6-8-20)16(18)21;2*1-2/h3-4,9-10,12H,5-8H2,1-2H3,(H2,18,21);2*1-2H3. The molecule has 1 aromatic heterocycles. The van der Waals surface area contributed by atoms with Crippen molar-refractivity contribution in [1.82, 2.24) is 4.98 Å². The number of nitrogens with two attached hydrogens (primary N) is 1. The number of aromatic nitrogens is 1.